The zero-order valence-electron chi connectivity index (χ0n) is 7.92. The molecule has 0 spiro atoms. The Morgan fingerprint density at radius 2 is 2.00 bits per heavy atom. The number of aromatic nitrogens is 1. The highest BCUT2D eigenvalue weighted by atomic mass is 19.4. The van der Waals surface area contributed by atoms with E-state index in [2.05, 4.69) is 4.98 Å². The van der Waals surface area contributed by atoms with Crippen molar-refractivity contribution in [3.63, 3.8) is 0 Å². The molecule has 1 rings (SSSR count). The minimum Gasteiger partial charge on any atom is -0.298 e. The summed E-state index contributed by atoms with van der Waals surface area (Å²) < 4.78 is 62.2. The highest BCUT2D eigenvalue weighted by molar-refractivity contribution is 5.78. The van der Waals surface area contributed by atoms with E-state index >= 15 is 0 Å². The Balaban J connectivity index is 3.66. The van der Waals surface area contributed by atoms with Crippen molar-refractivity contribution in [3.8, 4) is 6.07 Å². The van der Waals surface area contributed by atoms with Gasteiger partial charge in [-0.05, 0) is 0 Å². The Morgan fingerprint density at radius 1 is 1.41 bits per heavy atom. The molecule has 0 amide bonds. The van der Waals surface area contributed by atoms with Crippen molar-refractivity contribution < 1.29 is 26.7 Å². The number of carbonyl (C=O) groups is 1. The SMILES string of the molecule is N#Cc1c(C(F)(F)F)ncc(C=O)c1C(F)F. The molecule has 0 saturated carbocycles. The van der Waals surface area contributed by atoms with Crippen LogP contribution >= 0.6 is 0 Å². The maximum Gasteiger partial charge on any atom is 0.434 e. The quantitative estimate of drug-likeness (QED) is 0.599. The Kier molecular flexibility index (Phi) is 3.41. The molecule has 0 bridgehead atoms. The third-order valence-electron chi connectivity index (χ3n) is 1.88. The lowest BCUT2D eigenvalue weighted by Gasteiger charge is -2.12. The second-order valence-electron chi connectivity index (χ2n) is 2.88. The van der Waals surface area contributed by atoms with Gasteiger partial charge < -0.3 is 0 Å². The number of carbonyl (C=O) groups excluding carboxylic acids is 1. The van der Waals surface area contributed by atoms with Crippen LogP contribution < -0.4 is 0 Å². The van der Waals surface area contributed by atoms with Gasteiger partial charge in [0.05, 0.1) is 5.56 Å². The van der Waals surface area contributed by atoms with Crippen molar-refractivity contribution in [2.75, 3.05) is 0 Å². The predicted molar refractivity (Wildman–Crippen MR) is 44.3 cm³/mol. The summed E-state index contributed by atoms with van der Waals surface area (Å²) in [4.78, 5) is 13.2. The number of pyridine rings is 1. The van der Waals surface area contributed by atoms with E-state index in [1.54, 1.807) is 0 Å². The maximum absolute atomic E-state index is 12.5. The number of halogens is 5. The van der Waals surface area contributed by atoms with E-state index in [0.717, 1.165) is 6.07 Å². The molecular weight excluding hydrogens is 247 g/mol. The fourth-order valence-corrected chi connectivity index (χ4v) is 1.20. The average Bonchev–Trinajstić information content (AvgIpc) is 2.25. The molecule has 90 valence electrons. The molecule has 0 atom stereocenters. The van der Waals surface area contributed by atoms with Crippen LogP contribution in [0.3, 0.4) is 0 Å². The summed E-state index contributed by atoms with van der Waals surface area (Å²) in [6, 6.07) is 1.01. The normalized spacial score (nSPS) is 11.4. The van der Waals surface area contributed by atoms with Crippen molar-refractivity contribution in [2.24, 2.45) is 0 Å². The number of nitrogens with zero attached hydrogens (tertiary/aromatic N) is 2. The first-order chi connectivity index (χ1) is 7.82. The van der Waals surface area contributed by atoms with E-state index in [4.69, 9.17) is 5.26 Å². The number of hydrogen-bond donors (Lipinski definition) is 0. The monoisotopic (exact) mass is 250 g/mol. The van der Waals surface area contributed by atoms with Gasteiger partial charge in [-0.2, -0.15) is 18.4 Å². The number of alkyl halides is 5. The first-order valence-corrected chi connectivity index (χ1v) is 4.06. The van der Waals surface area contributed by atoms with Gasteiger partial charge in [0, 0.05) is 17.3 Å². The molecule has 1 heterocycles. The second kappa shape index (κ2) is 4.45. The molecule has 0 aromatic carbocycles. The van der Waals surface area contributed by atoms with Gasteiger partial charge in [0.25, 0.3) is 6.43 Å². The molecule has 3 nitrogen and oxygen atoms in total. The minimum absolute atomic E-state index is 0.0739. The van der Waals surface area contributed by atoms with Gasteiger partial charge in [-0.15, -0.1) is 0 Å². The van der Waals surface area contributed by atoms with Crippen LogP contribution in [0, 0.1) is 11.3 Å². The summed E-state index contributed by atoms with van der Waals surface area (Å²) in [7, 11) is 0. The summed E-state index contributed by atoms with van der Waals surface area (Å²) in [6.45, 7) is 0. The molecule has 0 aliphatic carbocycles. The van der Waals surface area contributed by atoms with Gasteiger partial charge in [0.1, 0.15) is 6.07 Å². The lowest BCUT2D eigenvalue weighted by atomic mass is 10.0. The summed E-state index contributed by atoms with van der Waals surface area (Å²) in [5.41, 5.74) is -5.02. The number of nitriles is 1. The highest BCUT2D eigenvalue weighted by Crippen LogP contribution is 2.35. The van der Waals surface area contributed by atoms with E-state index in [1.165, 1.54) is 0 Å². The Labute approximate surface area is 91.5 Å². The Bertz CT molecular complexity index is 489. The summed E-state index contributed by atoms with van der Waals surface area (Å²) in [5.74, 6) is 0. The zero-order valence-corrected chi connectivity index (χ0v) is 7.92. The van der Waals surface area contributed by atoms with Crippen LogP contribution in [0.2, 0.25) is 0 Å². The lowest BCUT2D eigenvalue weighted by molar-refractivity contribution is -0.141. The first-order valence-electron chi connectivity index (χ1n) is 4.06. The third kappa shape index (κ3) is 2.38. The molecule has 0 N–H and O–H groups in total. The van der Waals surface area contributed by atoms with Crippen LogP contribution in [0.5, 0.6) is 0 Å². The average molecular weight is 250 g/mol. The zero-order chi connectivity index (χ0) is 13.2. The Morgan fingerprint density at radius 3 is 2.35 bits per heavy atom. The van der Waals surface area contributed by atoms with Crippen LogP contribution in [0.4, 0.5) is 22.0 Å². The molecule has 0 aliphatic rings. The topological polar surface area (TPSA) is 53.8 Å². The third-order valence-corrected chi connectivity index (χ3v) is 1.88. The van der Waals surface area contributed by atoms with Crippen LogP contribution in [0.1, 0.15) is 33.6 Å². The summed E-state index contributed by atoms with van der Waals surface area (Å²) >= 11 is 0. The van der Waals surface area contributed by atoms with Gasteiger partial charge in [-0.25, -0.2) is 13.8 Å². The van der Waals surface area contributed by atoms with E-state index in [-0.39, 0.29) is 6.29 Å². The van der Waals surface area contributed by atoms with Crippen LogP contribution in [-0.2, 0) is 6.18 Å². The fraction of sp³-hybridized carbons (Fsp3) is 0.222. The molecule has 1 aromatic heterocycles. The summed E-state index contributed by atoms with van der Waals surface area (Å²) in [5, 5.41) is 8.49. The van der Waals surface area contributed by atoms with E-state index in [0.29, 0.717) is 6.20 Å². The first kappa shape index (κ1) is 13.0. The second-order valence-corrected chi connectivity index (χ2v) is 2.88. The van der Waals surface area contributed by atoms with Gasteiger partial charge in [0.15, 0.2) is 12.0 Å². The molecule has 0 aliphatic heterocycles. The molecule has 1 aromatic rings. The largest absolute Gasteiger partial charge is 0.434 e. The fourth-order valence-electron chi connectivity index (χ4n) is 1.20. The molecule has 0 radical (unpaired) electrons. The van der Waals surface area contributed by atoms with Crippen molar-refractivity contribution in [3.05, 3.63) is 28.6 Å². The highest BCUT2D eigenvalue weighted by Gasteiger charge is 2.38. The molecular formula is C9H3F5N2O. The van der Waals surface area contributed by atoms with Gasteiger partial charge >= 0.3 is 6.18 Å². The number of rotatable bonds is 2. The molecule has 0 saturated heterocycles. The predicted octanol–water partition coefficient (Wildman–Crippen LogP) is 2.72. The minimum atomic E-state index is -5.03. The van der Waals surface area contributed by atoms with Crippen LogP contribution in [-0.4, -0.2) is 11.3 Å². The van der Waals surface area contributed by atoms with Crippen molar-refractivity contribution in [1.82, 2.24) is 4.98 Å². The van der Waals surface area contributed by atoms with Gasteiger partial charge in [-0.1, -0.05) is 0 Å². The van der Waals surface area contributed by atoms with Crippen LogP contribution in [0.15, 0.2) is 6.20 Å². The maximum atomic E-state index is 12.5. The van der Waals surface area contributed by atoms with E-state index < -0.39 is 35.0 Å². The molecule has 0 fully saturated rings. The molecule has 17 heavy (non-hydrogen) atoms. The standard InChI is InChI=1S/C9H3F5N2O/c10-8(11)6-4(3-17)2-16-7(5(6)1-15)9(12,13)14/h2-3,8H. The van der Waals surface area contributed by atoms with Crippen molar-refractivity contribution in [1.29, 1.82) is 5.26 Å². The lowest BCUT2D eigenvalue weighted by Crippen LogP contribution is -2.14. The van der Waals surface area contributed by atoms with Crippen LogP contribution in [0.25, 0.3) is 0 Å². The molecule has 8 heteroatoms. The van der Waals surface area contributed by atoms with Crippen molar-refractivity contribution >= 4 is 6.29 Å². The number of aldehydes is 1. The Hall–Kier alpha value is -2.04. The van der Waals surface area contributed by atoms with Gasteiger partial charge in [-0.3, -0.25) is 4.79 Å². The van der Waals surface area contributed by atoms with Gasteiger partial charge in [0.2, 0.25) is 0 Å². The smallest absolute Gasteiger partial charge is 0.298 e. The van der Waals surface area contributed by atoms with E-state index in [9.17, 15) is 26.7 Å². The number of hydrogen-bond acceptors (Lipinski definition) is 3. The van der Waals surface area contributed by atoms with Crippen molar-refractivity contribution in [2.45, 2.75) is 12.6 Å². The molecule has 0 unspecified atom stereocenters. The van der Waals surface area contributed by atoms with E-state index in [1.807, 2.05) is 0 Å². The summed E-state index contributed by atoms with van der Waals surface area (Å²) in [6.07, 6.45) is -8.10.